The standard InChI is InChI=1S/C15H21FN4/c1-11(2)15(12-5-7-13(16)8-6-12)19(3)9-14-17-10-18-20(14)4/h5-8,10-11,15H,9H2,1-4H3. The SMILES string of the molecule is CC(C)C(c1ccc(F)cc1)N(C)Cc1ncnn1C. The smallest absolute Gasteiger partial charge is 0.140 e. The van der Waals surface area contributed by atoms with Gasteiger partial charge >= 0.3 is 0 Å². The van der Waals surface area contributed by atoms with Gasteiger partial charge in [0.15, 0.2) is 0 Å². The third-order valence-corrected chi connectivity index (χ3v) is 3.51. The molecule has 2 rings (SSSR count). The summed E-state index contributed by atoms with van der Waals surface area (Å²) in [6.07, 6.45) is 1.56. The van der Waals surface area contributed by atoms with Gasteiger partial charge in [-0.2, -0.15) is 5.10 Å². The summed E-state index contributed by atoms with van der Waals surface area (Å²) in [5.74, 6) is 1.13. The van der Waals surface area contributed by atoms with E-state index in [2.05, 4.69) is 35.9 Å². The minimum absolute atomic E-state index is 0.202. The molecule has 20 heavy (non-hydrogen) atoms. The molecule has 0 saturated heterocycles. The number of benzene rings is 1. The molecule has 1 aromatic heterocycles. The maximum Gasteiger partial charge on any atom is 0.140 e. The van der Waals surface area contributed by atoms with Crippen molar-refractivity contribution < 1.29 is 4.39 Å². The van der Waals surface area contributed by atoms with Gasteiger partial charge in [0.05, 0.1) is 6.54 Å². The monoisotopic (exact) mass is 276 g/mol. The third-order valence-electron chi connectivity index (χ3n) is 3.51. The number of hydrogen-bond donors (Lipinski definition) is 0. The van der Waals surface area contributed by atoms with Crippen molar-refractivity contribution >= 4 is 0 Å². The molecule has 4 nitrogen and oxygen atoms in total. The Hall–Kier alpha value is -1.75. The molecule has 1 heterocycles. The van der Waals surface area contributed by atoms with E-state index in [9.17, 15) is 4.39 Å². The van der Waals surface area contributed by atoms with Gasteiger partial charge in [0.2, 0.25) is 0 Å². The van der Waals surface area contributed by atoms with Crippen LogP contribution in [0.3, 0.4) is 0 Å². The molecule has 0 fully saturated rings. The lowest BCUT2D eigenvalue weighted by atomic mass is 9.94. The van der Waals surface area contributed by atoms with Gasteiger partial charge < -0.3 is 0 Å². The van der Waals surface area contributed by atoms with E-state index in [0.717, 1.165) is 11.4 Å². The van der Waals surface area contributed by atoms with Crippen LogP contribution < -0.4 is 0 Å². The Bertz CT molecular complexity index is 547. The molecule has 108 valence electrons. The maximum absolute atomic E-state index is 13.1. The number of halogens is 1. The van der Waals surface area contributed by atoms with Crippen LogP contribution in [0.5, 0.6) is 0 Å². The van der Waals surface area contributed by atoms with E-state index in [0.29, 0.717) is 12.5 Å². The summed E-state index contributed by atoms with van der Waals surface area (Å²) < 4.78 is 14.9. The Morgan fingerprint density at radius 3 is 2.40 bits per heavy atom. The Kier molecular flexibility index (Phi) is 4.49. The maximum atomic E-state index is 13.1. The van der Waals surface area contributed by atoms with E-state index in [4.69, 9.17) is 0 Å². The van der Waals surface area contributed by atoms with Crippen LogP contribution in [0.1, 0.15) is 31.3 Å². The molecule has 0 aliphatic rings. The van der Waals surface area contributed by atoms with Crippen molar-refractivity contribution in [1.29, 1.82) is 0 Å². The normalized spacial score (nSPS) is 13.2. The predicted molar refractivity (Wildman–Crippen MR) is 76.4 cm³/mol. The van der Waals surface area contributed by atoms with E-state index < -0.39 is 0 Å². The highest BCUT2D eigenvalue weighted by molar-refractivity contribution is 5.20. The molecule has 2 aromatic rings. The zero-order valence-electron chi connectivity index (χ0n) is 12.4. The second-order valence-corrected chi connectivity index (χ2v) is 5.46. The number of hydrogen-bond acceptors (Lipinski definition) is 3. The summed E-state index contributed by atoms with van der Waals surface area (Å²) in [5.41, 5.74) is 1.12. The first-order valence-corrected chi connectivity index (χ1v) is 6.77. The number of nitrogens with zero attached hydrogens (tertiary/aromatic N) is 4. The van der Waals surface area contributed by atoms with Gasteiger partial charge in [-0.15, -0.1) is 0 Å². The Balaban J connectivity index is 2.20. The molecule has 0 radical (unpaired) electrons. The summed E-state index contributed by atoms with van der Waals surface area (Å²) in [6.45, 7) is 5.04. The summed E-state index contributed by atoms with van der Waals surface area (Å²) in [5, 5.41) is 4.09. The van der Waals surface area contributed by atoms with Crippen LogP contribution >= 0.6 is 0 Å². The number of aryl methyl sites for hydroxylation is 1. The largest absolute Gasteiger partial charge is 0.292 e. The first kappa shape index (κ1) is 14.7. The molecule has 0 aliphatic carbocycles. The van der Waals surface area contributed by atoms with Crippen LogP contribution in [0, 0.1) is 11.7 Å². The Morgan fingerprint density at radius 2 is 1.90 bits per heavy atom. The van der Waals surface area contributed by atoms with Gasteiger partial charge in [-0.25, -0.2) is 9.37 Å². The molecule has 5 heteroatoms. The minimum Gasteiger partial charge on any atom is -0.292 e. The molecule has 1 atom stereocenters. The Morgan fingerprint density at radius 1 is 1.25 bits per heavy atom. The van der Waals surface area contributed by atoms with E-state index in [1.165, 1.54) is 12.1 Å². The zero-order chi connectivity index (χ0) is 14.7. The topological polar surface area (TPSA) is 34.0 Å². The first-order valence-electron chi connectivity index (χ1n) is 6.77. The summed E-state index contributed by atoms with van der Waals surface area (Å²) >= 11 is 0. The van der Waals surface area contributed by atoms with E-state index in [1.807, 2.05) is 19.2 Å². The molecular weight excluding hydrogens is 255 g/mol. The lowest BCUT2D eigenvalue weighted by Crippen LogP contribution is -2.29. The minimum atomic E-state index is -0.202. The Labute approximate surface area is 119 Å². The summed E-state index contributed by atoms with van der Waals surface area (Å²) in [6, 6.07) is 6.95. The zero-order valence-corrected chi connectivity index (χ0v) is 12.4. The second kappa shape index (κ2) is 6.13. The average molecular weight is 276 g/mol. The van der Waals surface area contributed by atoms with Crippen LogP contribution in [-0.2, 0) is 13.6 Å². The fraction of sp³-hybridized carbons (Fsp3) is 0.467. The van der Waals surface area contributed by atoms with Crippen molar-refractivity contribution in [3.63, 3.8) is 0 Å². The molecule has 0 aliphatic heterocycles. The van der Waals surface area contributed by atoms with Crippen LogP contribution in [-0.4, -0.2) is 26.7 Å². The predicted octanol–water partition coefficient (Wildman–Crippen LogP) is 2.78. The highest BCUT2D eigenvalue weighted by atomic mass is 19.1. The highest BCUT2D eigenvalue weighted by Crippen LogP contribution is 2.28. The molecule has 0 N–H and O–H groups in total. The van der Waals surface area contributed by atoms with Gasteiger partial charge in [0.25, 0.3) is 0 Å². The van der Waals surface area contributed by atoms with Gasteiger partial charge in [-0.1, -0.05) is 26.0 Å². The second-order valence-electron chi connectivity index (χ2n) is 5.46. The van der Waals surface area contributed by atoms with Crippen molar-refractivity contribution in [3.05, 3.63) is 47.8 Å². The number of aromatic nitrogens is 3. The molecule has 0 spiro atoms. The lowest BCUT2D eigenvalue weighted by Gasteiger charge is -2.31. The first-order chi connectivity index (χ1) is 9.49. The van der Waals surface area contributed by atoms with E-state index in [1.54, 1.807) is 11.0 Å². The van der Waals surface area contributed by atoms with Crippen molar-refractivity contribution in [2.45, 2.75) is 26.4 Å². The van der Waals surface area contributed by atoms with E-state index in [-0.39, 0.29) is 11.9 Å². The molecular formula is C15H21FN4. The van der Waals surface area contributed by atoms with Crippen LogP contribution in [0.25, 0.3) is 0 Å². The molecule has 0 amide bonds. The summed E-state index contributed by atoms with van der Waals surface area (Å²) in [7, 11) is 3.95. The van der Waals surface area contributed by atoms with Crippen molar-refractivity contribution in [2.75, 3.05) is 7.05 Å². The third kappa shape index (κ3) is 3.22. The quantitative estimate of drug-likeness (QED) is 0.842. The molecule has 1 unspecified atom stereocenters. The molecule has 0 saturated carbocycles. The molecule has 1 aromatic carbocycles. The van der Waals surface area contributed by atoms with Crippen LogP contribution in [0.15, 0.2) is 30.6 Å². The molecule has 0 bridgehead atoms. The van der Waals surface area contributed by atoms with Crippen molar-refractivity contribution in [2.24, 2.45) is 13.0 Å². The van der Waals surface area contributed by atoms with Gasteiger partial charge in [-0.05, 0) is 30.7 Å². The lowest BCUT2D eigenvalue weighted by molar-refractivity contribution is 0.179. The highest BCUT2D eigenvalue weighted by Gasteiger charge is 2.22. The fourth-order valence-electron chi connectivity index (χ4n) is 2.59. The van der Waals surface area contributed by atoms with Crippen molar-refractivity contribution in [3.8, 4) is 0 Å². The van der Waals surface area contributed by atoms with Gasteiger partial charge in [0.1, 0.15) is 18.0 Å². The van der Waals surface area contributed by atoms with Gasteiger partial charge in [0, 0.05) is 13.1 Å². The van der Waals surface area contributed by atoms with Crippen LogP contribution in [0.4, 0.5) is 4.39 Å². The number of rotatable bonds is 5. The average Bonchev–Trinajstić information content (AvgIpc) is 2.77. The van der Waals surface area contributed by atoms with Gasteiger partial charge in [-0.3, -0.25) is 9.58 Å². The van der Waals surface area contributed by atoms with Crippen molar-refractivity contribution in [1.82, 2.24) is 19.7 Å². The fourth-order valence-corrected chi connectivity index (χ4v) is 2.59. The van der Waals surface area contributed by atoms with E-state index >= 15 is 0 Å². The summed E-state index contributed by atoms with van der Waals surface area (Å²) in [4.78, 5) is 6.48. The van der Waals surface area contributed by atoms with Crippen LogP contribution in [0.2, 0.25) is 0 Å².